The second-order valence-corrected chi connectivity index (χ2v) is 9.38. The summed E-state index contributed by atoms with van der Waals surface area (Å²) in [7, 11) is 1.56. The van der Waals surface area contributed by atoms with Crippen LogP contribution in [0.5, 0.6) is 0 Å². The fourth-order valence-electron chi connectivity index (χ4n) is 2.44. The molecule has 0 fully saturated rings. The molecule has 0 aliphatic heterocycles. The van der Waals surface area contributed by atoms with Crippen LogP contribution in [0.2, 0.25) is 0 Å². The minimum Gasteiger partial charge on any atom is -0.505 e. The van der Waals surface area contributed by atoms with Crippen molar-refractivity contribution in [2.75, 3.05) is 46.8 Å². The van der Waals surface area contributed by atoms with E-state index < -0.39 is 99.4 Å². The zero-order valence-corrected chi connectivity index (χ0v) is 28.2. The maximum Gasteiger partial charge on any atom is 0.460 e. The average molecular weight is 906 g/mol. The molecule has 0 bridgehead atoms. The summed E-state index contributed by atoms with van der Waals surface area (Å²) in [6.45, 7) is 5.71. The van der Waals surface area contributed by atoms with Crippen LogP contribution in [-0.4, -0.2) is 113 Å². The molecule has 30 heteroatoms. The van der Waals surface area contributed by atoms with E-state index in [0.29, 0.717) is 0 Å². The number of hydrogen-bond acceptors (Lipinski definition) is 6. The highest BCUT2D eigenvalue weighted by Gasteiger charge is 2.93. The van der Waals surface area contributed by atoms with Crippen molar-refractivity contribution in [1.29, 1.82) is 0 Å². The van der Waals surface area contributed by atoms with Gasteiger partial charge in [-0.2, -0.15) is 105 Å². The lowest BCUT2D eigenvalue weighted by Gasteiger charge is -2.41. The van der Waals surface area contributed by atoms with E-state index in [2.05, 4.69) is 54.7 Å². The van der Waals surface area contributed by atoms with Crippen LogP contribution in [0.15, 0.2) is 51.4 Å². The molecule has 0 aliphatic carbocycles. The van der Waals surface area contributed by atoms with Gasteiger partial charge in [0.2, 0.25) is 6.10 Å². The number of methoxy groups -OCH3 is 1. The van der Waals surface area contributed by atoms with E-state index in [1.165, 1.54) is 6.26 Å². The molecule has 342 valence electrons. The van der Waals surface area contributed by atoms with Crippen LogP contribution in [0.3, 0.4) is 0 Å². The molecule has 0 unspecified atom stereocenters. The van der Waals surface area contributed by atoms with Gasteiger partial charge in [-0.15, -0.1) is 0 Å². The smallest absolute Gasteiger partial charge is 0.460 e. The van der Waals surface area contributed by atoms with Crippen LogP contribution in [0.4, 0.5) is 105 Å². The van der Waals surface area contributed by atoms with Gasteiger partial charge < -0.3 is 28.4 Å². The molecule has 0 saturated carbocycles. The molecule has 0 aliphatic rings. The normalized spacial score (nSPS) is 13.4. The molecule has 0 aromatic carbocycles. The first-order chi connectivity index (χ1) is 25.2. The molecule has 57 heavy (non-hydrogen) atoms. The average Bonchev–Trinajstić information content (AvgIpc) is 3.03. The minimum absolute atomic E-state index is 0.321. The van der Waals surface area contributed by atoms with E-state index in [0.717, 1.165) is 18.8 Å². The molecule has 0 spiro atoms. The van der Waals surface area contributed by atoms with Gasteiger partial charge in [-0.3, -0.25) is 0 Å². The van der Waals surface area contributed by atoms with Gasteiger partial charge in [-0.25, -0.2) is 0 Å². The first-order valence-corrected chi connectivity index (χ1v) is 13.8. The van der Waals surface area contributed by atoms with E-state index >= 15 is 0 Å². The molecular formula is C27H30F24O6. The number of hydrogen-bond donors (Lipinski definition) is 0. The first kappa shape index (κ1) is 60.1. The summed E-state index contributed by atoms with van der Waals surface area (Å²) >= 11 is 0. The second-order valence-electron chi connectivity index (χ2n) is 9.38. The third-order valence-corrected chi connectivity index (χ3v) is 5.07. The second kappa shape index (κ2) is 23.7. The van der Waals surface area contributed by atoms with Gasteiger partial charge in [-0.1, -0.05) is 26.3 Å². The molecule has 0 radical (unpaired) electrons. The maximum atomic E-state index is 13.4. The fraction of sp³-hybridized carbons (Fsp3) is 0.704. The molecule has 0 amide bonds. The largest absolute Gasteiger partial charge is 0.505 e. The van der Waals surface area contributed by atoms with Crippen molar-refractivity contribution >= 4 is 0 Å². The lowest BCUT2D eigenvalue weighted by molar-refractivity contribution is -0.453. The highest BCUT2D eigenvalue weighted by Crippen LogP contribution is 2.62. The highest BCUT2D eigenvalue weighted by atomic mass is 19.4. The summed E-state index contributed by atoms with van der Waals surface area (Å²) in [5.41, 5.74) is 0. The van der Waals surface area contributed by atoms with Crippen LogP contribution >= 0.6 is 0 Å². The Morgan fingerprint density at radius 2 is 0.807 bits per heavy atom. The summed E-state index contributed by atoms with van der Waals surface area (Å²) in [5, 5.41) is 0. The molecular weight excluding hydrogens is 876 g/mol. The number of ether oxygens (including phenoxy) is 6. The van der Waals surface area contributed by atoms with Gasteiger partial charge >= 0.3 is 60.2 Å². The lowest BCUT2D eigenvalue weighted by Crippen LogP contribution is -2.73. The zero-order chi connectivity index (χ0) is 46.6. The topological polar surface area (TPSA) is 55.4 Å². The number of rotatable bonds is 20. The maximum absolute atomic E-state index is 13.4. The summed E-state index contributed by atoms with van der Waals surface area (Å²) in [6, 6.07) is 0. The molecule has 0 aromatic heterocycles. The van der Waals surface area contributed by atoms with Gasteiger partial charge in [0.1, 0.15) is 13.2 Å². The van der Waals surface area contributed by atoms with Crippen molar-refractivity contribution in [1.82, 2.24) is 0 Å². The molecule has 6 nitrogen and oxygen atoms in total. The monoisotopic (exact) mass is 906 g/mol. The standard InChI is InChI=1S/C13H11F15O2.C7H8F6O2.C4H5F3O.C3H6O/c1-2-29-4-3-5-30-6-7(14,15)8(16,17)9(18,19)10(20,21)11(22,23)12(24,25)13(26,27)28;1-2-14-3-4-15-5(6(8,9)10)7(11,12)13;1-2-8-3-4(5,6)7;1-3-4-2/h2H,1,3-6H2;2,5H,1,3-4H2;2H,1,3H2;3H,1H2,2H3. The Bertz CT molecular complexity index is 1130. The Morgan fingerprint density at radius 1 is 0.439 bits per heavy atom. The highest BCUT2D eigenvalue weighted by molar-refractivity contribution is 5.13. The SMILES string of the molecule is C=COC.C=COCC(F)(F)F.C=COCCCOCC(F)(F)C(F)(F)C(F)(F)C(F)(F)C(F)(F)C(F)(F)C(F)(F)F.C=COCCOC(C(F)(F)F)C(F)(F)F. The van der Waals surface area contributed by atoms with Crippen molar-refractivity contribution in [2.24, 2.45) is 0 Å². The Morgan fingerprint density at radius 3 is 1.12 bits per heavy atom. The van der Waals surface area contributed by atoms with Crippen LogP contribution in [0.1, 0.15) is 6.42 Å². The van der Waals surface area contributed by atoms with Gasteiger partial charge in [0.15, 0.2) is 6.61 Å². The summed E-state index contributed by atoms with van der Waals surface area (Å²) in [4.78, 5) is 0. The Hall–Kier alpha value is -3.60. The van der Waals surface area contributed by atoms with Crippen molar-refractivity contribution in [2.45, 2.75) is 72.8 Å². The number of alkyl halides is 24. The Kier molecular flexibility index (Phi) is 25.0. The molecule has 0 heterocycles. The molecule has 0 atom stereocenters. The van der Waals surface area contributed by atoms with Crippen molar-refractivity contribution in [3.05, 3.63) is 51.4 Å². The summed E-state index contributed by atoms with van der Waals surface area (Å²) in [6.07, 6.45) is -23.1. The molecule has 0 N–H and O–H groups in total. The lowest BCUT2D eigenvalue weighted by atomic mass is 9.91. The van der Waals surface area contributed by atoms with Crippen LogP contribution in [0.25, 0.3) is 0 Å². The van der Waals surface area contributed by atoms with Gasteiger partial charge in [0.05, 0.1) is 52.0 Å². The third kappa shape index (κ3) is 19.1. The van der Waals surface area contributed by atoms with Gasteiger partial charge in [0.25, 0.3) is 0 Å². The minimum atomic E-state index is -8.29. The van der Waals surface area contributed by atoms with Crippen LogP contribution in [-0.2, 0) is 28.4 Å². The molecule has 0 saturated heterocycles. The van der Waals surface area contributed by atoms with Gasteiger partial charge in [-0.05, 0) is 0 Å². The van der Waals surface area contributed by atoms with Gasteiger partial charge in [0, 0.05) is 6.42 Å². The predicted octanol–water partition coefficient (Wildman–Crippen LogP) is 11.1. The predicted molar refractivity (Wildman–Crippen MR) is 145 cm³/mol. The van der Waals surface area contributed by atoms with E-state index in [-0.39, 0.29) is 13.0 Å². The van der Waals surface area contributed by atoms with Crippen molar-refractivity contribution < 1.29 is 134 Å². The third-order valence-electron chi connectivity index (χ3n) is 5.07. The Labute approximate surface area is 305 Å². The first-order valence-electron chi connectivity index (χ1n) is 13.8. The summed E-state index contributed by atoms with van der Waals surface area (Å²) in [5.74, 6) is -46.6. The Balaban J connectivity index is -0.000000426. The zero-order valence-electron chi connectivity index (χ0n) is 28.2. The van der Waals surface area contributed by atoms with Crippen molar-refractivity contribution in [3.8, 4) is 0 Å². The fourth-order valence-corrected chi connectivity index (χ4v) is 2.44. The number of halogens is 24. The van der Waals surface area contributed by atoms with Crippen molar-refractivity contribution in [3.63, 3.8) is 0 Å². The van der Waals surface area contributed by atoms with E-state index in [1.807, 2.05) is 0 Å². The van der Waals surface area contributed by atoms with Crippen LogP contribution < -0.4 is 0 Å². The van der Waals surface area contributed by atoms with E-state index in [9.17, 15) is 105 Å². The summed E-state index contributed by atoms with van der Waals surface area (Å²) < 4.78 is 322. The van der Waals surface area contributed by atoms with E-state index in [4.69, 9.17) is 0 Å². The quantitative estimate of drug-likeness (QED) is 0.0689. The molecule has 0 aromatic rings. The van der Waals surface area contributed by atoms with E-state index in [1.54, 1.807) is 7.11 Å². The van der Waals surface area contributed by atoms with Crippen LogP contribution in [0, 0.1) is 0 Å². The molecule has 0 rings (SSSR count).